The van der Waals surface area contributed by atoms with E-state index in [0.29, 0.717) is 29.8 Å². The molecule has 0 saturated heterocycles. The van der Waals surface area contributed by atoms with Crippen LogP contribution in [0.1, 0.15) is 23.7 Å². The Morgan fingerprint density at radius 1 is 1.23 bits per heavy atom. The van der Waals surface area contributed by atoms with Gasteiger partial charge in [-0.1, -0.05) is 24.3 Å². The molecule has 0 radical (unpaired) electrons. The van der Waals surface area contributed by atoms with E-state index in [1.165, 1.54) is 11.3 Å². The Morgan fingerprint density at radius 3 is 2.93 bits per heavy atom. The summed E-state index contributed by atoms with van der Waals surface area (Å²) >= 11 is 1.37. The first-order valence-electron chi connectivity index (χ1n) is 9.41. The number of para-hydroxylation sites is 1. The number of rotatable bonds is 10. The molecule has 1 heterocycles. The second-order valence-corrected chi connectivity index (χ2v) is 7.03. The smallest absolute Gasteiger partial charge is 0.311 e. The van der Waals surface area contributed by atoms with Crippen molar-refractivity contribution in [2.45, 2.75) is 20.0 Å². The quantitative estimate of drug-likeness (QED) is 0.297. The summed E-state index contributed by atoms with van der Waals surface area (Å²) in [4.78, 5) is 15.9. The van der Waals surface area contributed by atoms with Gasteiger partial charge in [0.05, 0.1) is 32.0 Å². The van der Waals surface area contributed by atoms with Crippen LogP contribution in [0.15, 0.2) is 59.0 Å². The van der Waals surface area contributed by atoms with Crippen LogP contribution in [0.4, 0.5) is 5.13 Å². The van der Waals surface area contributed by atoms with E-state index < -0.39 is 0 Å². The average Bonchev–Trinajstić information content (AvgIpc) is 3.20. The van der Waals surface area contributed by atoms with E-state index in [0.717, 1.165) is 16.9 Å². The van der Waals surface area contributed by atoms with Crippen molar-refractivity contribution in [3.63, 3.8) is 0 Å². The number of thiazole rings is 1. The zero-order valence-corrected chi connectivity index (χ0v) is 17.6. The lowest BCUT2D eigenvalue weighted by atomic mass is 10.2. The number of benzene rings is 2. The predicted octanol–water partition coefficient (Wildman–Crippen LogP) is 4.28. The molecule has 0 bridgehead atoms. The van der Waals surface area contributed by atoms with Gasteiger partial charge in [0.2, 0.25) is 5.13 Å². The van der Waals surface area contributed by atoms with Gasteiger partial charge < -0.3 is 14.2 Å². The number of hydrazone groups is 1. The number of hydrogen-bond acceptors (Lipinski definition) is 8. The van der Waals surface area contributed by atoms with Crippen LogP contribution in [0.5, 0.6) is 11.5 Å². The van der Waals surface area contributed by atoms with E-state index >= 15 is 0 Å². The third-order valence-corrected chi connectivity index (χ3v) is 4.79. The van der Waals surface area contributed by atoms with Crippen molar-refractivity contribution in [2.24, 2.45) is 5.10 Å². The van der Waals surface area contributed by atoms with E-state index in [1.807, 2.05) is 48.5 Å². The number of esters is 1. The van der Waals surface area contributed by atoms with E-state index in [-0.39, 0.29) is 12.4 Å². The zero-order valence-electron chi connectivity index (χ0n) is 16.8. The highest BCUT2D eigenvalue weighted by molar-refractivity contribution is 7.13. The number of carbonyl (C=O) groups is 1. The molecule has 0 unspecified atom stereocenters. The minimum Gasteiger partial charge on any atom is -0.497 e. The first-order valence-corrected chi connectivity index (χ1v) is 10.3. The van der Waals surface area contributed by atoms with Crippen LogP contribution in [0.2, 0.25) is 0 Å². The topological polar surface area (TPSA) is 82.0 Å². The molecular formula is C22H23N3O4S. The summed E-state index contributed by atoms with van der Waals surface area (Å²) < 4.78 is 16.1. The van der Waals surface area contributed by atoms with Crippen LogP contribution in [-0.2, 0) is 22.6 Å². The maximum atomic E-state index is 11.5. The molecule has 3 aromatic rings. The highest BCUT2D eigenvalue weighted by atomic mass is 32.1. The number of methoxy groups -OCH3 is 1. The zero-order chi connectivity index (χ0) is 21.2. The summed E-state index contributed by atoms with van der Waals surface area (Å²) in [5.74, 6) is 1.22. The summed E-state index contributed by atoms with van der Waals surface area (Å²) in [7, 11) is 1.64. The molecule has 0 atom stereocenters. The molecule has 0 amide bonds. The number of hydrogen-bond donors (Lipinski definition) is 1. The third kappa shape index (κ3) is 6.31. The molecule has 0 spiro atoms. The van der Waals surface area contributed by atoms with Crippen molar-refractivity contribution in [1.29, 1.82) is 0 Å². The highest BCUT2D eigenvalue weighted by Gasteiger charge is 2.08. The fourth-order valence-corrected chi connectivity index (χ4v) is 3.26. The molecule has 1 N–H and O–H groups in total. The molecule has 0 fully saturated rings. The molecular weight excluding hydrogens is 402 g/mol. The van der Waals surface area contributed by atoms with Gasteiger partial charge in [-0.25, -0.2) is 4.98 Å². The summed E-state index contributed by atoms with van der Waals surface area (Å²) in [6.45, 7) is 2.55. The number of nitrogens with one attached hydrogen (secondary N) is 1. The first-order chi connectivity index (χ1) is 14.7. The number of carbonyl (C=O) groups excluding carboxylic acids is 1. The van der Waals surface area contributed by atoms with Crippen LogP contribution in [0.25, 0.3) is 0 Å². The SMILES string of the molecule is CCOC(=O)Cc1csc(NN=Cc2ccccc2OCc2cccc(OC)c2)n1. The van der Waals surface area contributed by atoms with Gasteiger partial charge in [-0.3, -0.25) is 10.2 Å². The largest absolute Gasteiger partial charge is 0.497 e. The lowest BCUT2D eigenvalue weighted by Gasteiger charge is -2.10. The van der Waals surface area contributed by atoms with Crippen LogP contribution in [0, 0.1) is 0 Å². The molecule has 2 aromatic carbocycles. The molecule has 0 saturated carbocycles. The van der Waals surface area contributed by atoms with E-state index in [9.17, 15) is 4.79 Å². The molecule has 0 aliphatic rings. The summed E-state index contributed by atoms with van der Waals surface area (Å²) in [5.41, 5.74) is 5.38. The third-order valence-electron chi connectivity index (χ3n) is 3.99. The summed E-state index contributed by atoms with van der Waals surface area (Å²) in [5, 5.41) is 6.64. The number of anilines is 1. The molecule has 156 valence electrons. The minimum absolute atomic E-state index is 0.149. The lowest BCUT2D eigenvalue weighted by Crippen LogP contribution is -2.07. The first kappa shape index (κ1) is 21.3. The van der Waals surface area contributed by atoms with Gasteiger partial charge in [0.15, 0.2) is 0 Å². The second kappa shape index (κ2) is 11.0. The fraction of sp³-hybridized carbons (Fsp3) is 0.227. The van der Waals surface area contributed by atoms with Crippen LogP contribution in [-0.4, -0.2) is 30.9 Å². The van der Waals surface area contributed by atoms with Crippen molar-refractivity contribution in [3.05, 3.63) is 70.7 Å². The van der Waals surface area contributed by atoms with Crippen molar-refractivity contribution in [2.75, 3.05) is 19.1 Å². The second-order valence-electron chi connectivity index (χ2n) is 6.17. The van der Waals surface area contributed by atoms with Crippen LogP contribution in [0.3, 0.4) is 0 Å². The number of nitrogens with zero attached hydrogens (tertiary/aromatic N) is 2. The molecule has 8 heteroatoms. The predicted molar refractivity (Wildman–Crippen MR) is 117 cm³/mol. The Bertz CT molecular complexity index is 1000. The van der Waals surface area contributed by atoms with E-state index in [2.05, 4.69) is 15.5 Å². The maximum Gasteiger partial charge on any atom is 0.311 e. The Balaban J connectivity index is 1.58. The Kier molecular flexibility index (Phi) is 7.79. The normalized spacial score (nSPS) is 10.7. The highest BCUT2D eigenvalue weighted by Crippen LogP contribution is 2.20. The van der Waals surface area contributed by atoms with Gasteiger partial charge in [-0.2, -0.15) is 5.10 Å². The van der Waals surface area contributed by atoms with Crippen LogP contribution < -0.4 is 14.9 Å². The van der Waals surface area contributed by atoms with Crippen molar-refractivity contribution in [1.82, 2.24) is 4.98 Å². The van der Waals surface area contributed by atoms with Crippen molar-refractivity contribution >= 4 is 28.7 Å². The van der Waals surface area contributed by atoms with E-state index in [4.69, 9.17) is 14.2 Å². The molecule has 1 aromatic heterocycles. The fourth-order valence-electron chi connectivity index (χ4n) is 2.60. The molecule has 7 nitrogen and oxygen atoms in total. The Labute approximate surface area is 179 Å². The molecule has 3 rings (SSSR count). The Hall–Kier alpha value is -3.39. The van der Waals surface area contributed by atoms with Gasteiger partial charge in [0, 0.05) is 10.9 Å². The van der Waals surface area contributed by atoms with Gasteiger partial charge >= 0.3 is 5.97 Å². The van der Waals surface area contributed by atoms with Gasteiger partial charge in [0.25, 0.3) is 0 Å². The van der Waals surface area contributed by atoms with Crippen molar-refractivity contribution in [3.8, 4) is 11.5 Å². The van der Waals surface area contributed by atoms with Crippen molar-refractivity contribution < 1.29 is 19.0 Å². The maximum absolute atomic E-state index is 11.5. The molecule has 30 heavy (non-hydrogen) atoms. The van der Waals surface area contributed by atoms with Crippen LogP contribution >= 0.6 is 11.3 Å². The minimum atomic E-state index is -0.292. The summed E-state index contributed by atoms with van der Waals surface area (Å²) in [6.07, 6.45) is 1.82. The van der Waals surface area contributed by atoms with E-state index in [1.54, 1.807) is 25.6 Å². The number of aromatic nitrogens is 1. The average molecular weight is 426 g/mol. The molecule has 0 aliphatic heterocycles. The van der Waals surface area contributed by atoms with Gasteiger partial charge in [-0.05, 0) is 36.8 Å². The van der Waals surface area contributed by atoms with Gasteiger partial charge in [0.1, 0.15) is 18.1 Å². The summed E-state index contributed by atoms with van der Waals surface area (Å²) in [6, 6.07) is 15.4. The van der Waals surface area contributed by atoms with Gasteiger partial charge in [-0.15, -0.1) is 11.3 Å². The standard InChI is InChI=1S/C22H23N3O4S/c1-3-28-21(26)12-18-15-30-22(24-18)25-23-13-17-8-4-5-10-20(17)29-14-16-7-6-9-19(11-16)27-2/h4-11,13,15H,3,12,14H2,1-2H3,(H,24,25). The monoisotopic (exact) mass is 425 g/mol. The number of ether oxygens (including phenoxy) is 3. The lowest BCUT2D eigenvalue weighted by molar-refractivity contribution is -0.142. The Morgan fingerprint density at radius 2 is 2.10 bits per heavy atom. The molecule has 0 aliphatic carbocycles.